The zero-order chi connectivity index (χ0) is 20.8. The van der Waals surface area contributed by atoms with Gasteiger partial charge in [0.15, 0.2) is 5.82 Å². The average molecular weight is 393 g/mol. The summed E-state index contributed by atoms with van der Waals surface area (Å²) < 4.78 is 5.22. The lowest BCUT2D eigenvalue weighted by Gasteiger charge is -2.24. The molecule has 2 amide bonds. The lowest BCUT2D eigenvalue weighted by atomic mass is 9.99. The van der Waals surface area contributed by atoms with Crippen molar-refractivity contribution in [2.45, 2.75) is 39.2 Å². The topological polar surface area (TPSA) is 84.2 Å². The second-order valence-corrected chi connectivity index (χ2v) is 7.45. The van der Waals surface area contributed by atoms with Gasteiger partial charge in [-0.1, -0.05) is 48.8 Å². The highest BCUT2D eigenvalue weighted by molar-refractivity contribution is 5.75. The molecule has 3 aromatic rings. The van der Waals surface area contributed by atoms with E-state index < -0.39 is 0 Å². The van der Waals surface area contributed by atoms with Crippen molar-refractivity contribution in [2.24, 2.45) is 0 Å². The molecule has 0 aliphatic rings. The fourth-order valence-corrected chi connectivity index (χ4v) is 2.88. The van der Waals surface area contributed by atoms with E-state index in [0.29, 0.717) is 24.7 Å². The second kappa shape index (κ2) is 9.32. The highest BCUT2D eigenvalue weighted by Crippen LogP contribution is 2.22. The minimum Gasteiger partial charge on any atom is -0.339 e. The Kier molecular flexibility index (Phi) is 6.59. The zero-order valence-corrected chi connectivity index (χ0v) is 17.3. The van der Waals surface area contributed by atoms with Crippen LogP contribution in [0.25, 0.3) is 0 Å². The number of rotatable bonds is 7. The van der Waals surface area contributed by atoms with E-state index in [1.165, 1.54) is 5.56 Å². The summed E-state index contributed by atoms with van der Waals surface area (Å²) in [5.41, 5.74) is 3.17. The van der Waals surface area contributed by atoms with Crippen molar-refractivity contribution in [3.8, 4) is 0 Å². The maximum absolute atomic E-state index is 12.8. The minimum atomic E-state index is -0.258. The van der Waals surface area contributed by atoms with Crippen molar-refractivity contribution >= 4 is 6.03 Å². The summed E-state index contributed by atoms with van der Waals surface area (Å²) in [5.74, 6) is 1.41. The number of aromatic nitrogens is 3. The van der Waals surface area contributed by atoms with Gasteiger partial charge in [0.05, 0.1) is 6.04 Å². The van der Waals surface area contributed by atoms with Crippen LogP contribution in [0.2, 0.25) is 0 Å². The molecule has 2 aromatic heterocycles. The molecule has 152 valence electrons. The fourth-order valence-electron chi connectivity index (χ4n) is 2.88. The highest BCUT2D eigenvalue weighted by Gasteiger charge is 2.19. The first-order valence-corrected chi connectivity index (χ1v) is 9.74. The average Bonchev–Trinajstić information content (AvgIpc) is 3.21. The maximum Gasteiger partial charge on any atom is 0.317 e. The molecule has 0 fully saturated rings. The van der Waals surface area contributed by atoms with E-state index in [1.807, 2.05) is 57.2 Å². The molecule has 0 bridgehead atoms. The number of urea groups is 1. The summed E-state index contributed by atoms with van der Waals surface area (Å²) >= 11 is 0. The van der Waals surface area contributed by atoms with Gasteiger partial charge in [0.2, 0.25) is 5.89 Å². The molecular weight excluding hydrogens is 366 g/mol. The van der Waals surface area contributed by atoms with Gasteiger partial charge in [0, 0.05) is 38.3 Å². The third-order valence-corrected chi connectivity index (χ3v) is 4.71. The van der Waals surface area contributed by atoms with Crippen molar-refractivity contribution in [3.05, 3.63) is 77.2 Å². The van der Waals surface area contributed by atoms with E-state index in [1.54, 1.807) is 24.3 Å². The third kappa shape index (κ3) is 5.40. The van der Waals surface area contributed by atoms with E-state index in [-0.39, 0.29) is 18.0 Å². The van der Waals surface area contributed by atoms with Crippen molar-refractivity contribution in [2.75, 3.05) is 13.6 Å². The smallest absolute Gasteiger partial charge is 0.317 e. The van der Waals surface area contributed by atoms with Gasteiger partial charge in [-0.3, -0.25) is 4.98 Å². The molecule has 7 heteroatoms. The summed E-state index contributed by atoms with van der Waals surface area (Å²) in [6, 6.07) is 11.6. The second-order valence-electron chi connectivity index (χ2n) is 7.45. The predicted molar refractivity (Wildman–Crippen MR) is 111 cm³/mol. The van der Waals surface area contributed by atoms with Crippen molar-refractivity contribution in [1.82, 2.24) is 25.3 Å². The van der Waals surface area contributed by atoms with Crippen LogP contribution in [-0.4, -0.2) is 39.6 Å². The monoisotopic (exact) mass is 393 g/mol. The Bertz CT molecular complexity index is 922. The molecule has 0 radical (unpaired) electrons. The van der Waals surface area contributed by atoms with Crippen LogP contribution < -0.4 is 5.32 Å². The molecule has 0 aliphatic carbocycles. The van der Waals surface area contributed by atoms with Gasteiger partial charge in [0.1, 0.15) is 0 Å². The molecule has 1 unspecified atom stereocenters. The largest absolute Gasteiger partial charge is 0.339 e. The summed E-state index contributed by atoms with van der Waals surface area (Å²) in [4.78, 5) is 22.9. The van der Waals surface area contributed by atoms with E-state index in [2.05, 4.69) is 20.4 Å². The number of carbonyl (C=O) groups is 1. The van der Waals surface area contributed by atoms with Crippen LogP contribution in [0.15, 0.2) is 53.3 Å². The van der Waals surface area contributed by atoms with Gasteiger partial charge in [0.25, 0.3) is 0 Å². The number of amides is 2. The van der Waals surface area contributed by atoms with E-state index >= 15 is 0 Å². The van der Waals surface area contributed by atoms with Crippen molar-refractivity contribution in [1.29, 1.82) is 0 Å². The lowest BCUT2D eigenvalue weighted by Crippen LogP contribution is -2.40. The van der Waals surface area contributed by atoms with Crippen LogP contribution >= 0.6 is 0 Å². The molecular formula is C22H27N5O2. The van der Waals surface area contributed by atoms with Crippen LogP contribution in [0.3, 0.4) is 0 Å². The predicted octanol–water partition coefficient (Wildman–Crippen LogP) is 3.87. The number of nitrogens with one attached hydrogen (secondary N) is 1. The van der Waals surface area contributed by atoms with Gasteiger partial charge in [-0.25, -0.2) is 4.79 Å². The number of aryl methyl sites for hydroxylation is 1. The number of pyridine rings is 1. The number of nitrogens with zero attached hydrogens (tertiary/aromatic N) is 4. The molecule has 7 nitrogen and oxygen atoms in total. The number of hydrogen-bond donors (Lipinski definition) is 1. The number of benzene rings is 1. The Morgan fingerprint density at radius 2 is 1.76 bits per heavy atom. The lowest BCUT2D eigenvalue weighted by molar-refractivity contribution is 0.206. The molecule has 3 rings (SSSR count). The van der Waals surface area contributed by atoms with Gasteiger partial charge < -0.3 is 14.7 Å². The molecule has 1 N–H and O–H groups in total. The number of carbonyl (C=O) groups excluding carboxylic acids is 1. The number of likely N-dealkylation sites (N-methyl/N-ethyl adjacent to an activating group) is 1. The first-order chi connectivity index (χ1) is 13.9. The summed E-state index contributed by atoms with van der Waals surface area (Å²) in [6.45, 7) is 6.53. The maximum atomic E-state index is 12.8. The molecule has 0 saturated heterocycles. The van der Waals surface area contributed by atoms with Crippen LogP contribution in [-0.2, 0) is 6.42 Å². The normalized spacial score (nSPS) is 12.0. The van der Waals surface area contributed by atoms with E-state index in [9.17, 15) is 4.79 Å². The van der Waals surface area contributed by atoms with Gasteiger partial charge in [-0.2, -0.15) is 4.98 Å². The van der Waals surface area contributed by atoms with Crippen LogP contribution in [0.1, 0.15) is 54.2 Å². The first-order valence-electron chi connectivity index (χ1n) is 9.74. The standard InChI is InChI=1S/C22H27N5O2/c1-15(2)21-24-19(26-29-21)11-14-27(4)22(28)25-20(18-9-12-23-13-10-18)17-7-5-16(3)6-8-17/h5-10,12-13,15,20H,11,14H2,1-4H3,(H,25,28). The Balaban J connectivity index is 1.67. The first kappa shape index (κ1) is 20.5. The Hall–Kier alpha value is -3.22. The molecule has 1 atom stereocenters. The molecule has 0 saturated carbocycles. The van der Waals surface area contributed by atoms with Gasteiger partial charge in [-0.15, -0.1) is 0 Å². The Morgan fingerprint density at radius 1 is 1.10 bits per heavy atom. The molecule has 0 aliphatic heterocycles. The van der Waals surface area contributed by atoms with Crippen molar-refractivity contribution in [3.63, 3.8) is 0 Å². The Labute approximate surface area is 171 Å². The molecule has 29 heavy (non-hydrogen) atoms. The summed E-state index contributed by atoms with van der Waals surface area (Å²) in [6.07, 6.45) is 3.99. The van der Waals surface area contributed by atoms with Gasteiger partial charge in [-0.05, 0) is 30.2 Å². The quantitative estimate of drug-likeness (QED) is 0.659. The molecule has 0 spiro atoms. The molecule has 2 heterocycles. The van der Waals surface area contributed by atoms with Crippen molar-refractivity contribution < 1.29 is 9.32 Å². The van der Waals surface area contributed by atoms with E-state index in [4.69, 9.17) is 4.52 Å². The fraction of sp³-hybridized carbons (Fsp3) is 0.364. The van der Waals surface area contributed by atoms with Crippen LogP contribution in [0.4, 0.5) is 4.79 Å². The number of hydrogen-bond acceptors (Lipinski definition) is 5. The summed E-state index contributed by atoms with van der Waals surface area (Å²) in [5, 5.41) is 7.11. The minimum absolute atomic E-state index is 0.167. The Morgan fingerprint density at radius 3 is 2.38 bits per heavy atom. The highest BCUT2D eigenvalue weighted by atomic mass is 16.5. The van der Waals surface area contributed by atoms with Crippen LogP contribution in [0.5, 0.6) is 0 Å². The van der Waals surface area contributed by atoms with Gasteiger partial charge >= 0.3 is 6.03 Å². The molecule has 1 aromatic carbocycles. The van der Waals surface area contributed by atoms with Crippen LogP contribution in [0, 0.1) is 6.92 Å². The summed E-state index contributed by atoms with van der Waals surface area (Å²) in [7, 11) is 1.76. The third-order valence-electron chi connectivity index (χ3n) is 4.71. The zero-order valence-electron chi connectivity index (χ0n) is 17.3. The van der Waals surface area contributed by atoms with E-state index in [0.717, 1.165) is 11.1 Å². The SMILES string of the molecule is Cc1ccc(C(NC(=O)N(C)CCc2noc(C(C)C)n2)c2ccncc2)cc1.